The van der Waals surface area contributed by atoms with E-state index in [4.69, 9.17) is 5.11 Å². The monoisotopic (exact) mass is 257 g/mol. The maximum absolute atomic E-state index is 13.4. The van der Waals surface area contributed by atoms with E-state index in [1.54, 1.807) is 0 Å². The molecule has 0 aliphatic heterocycles. The van der Waals surface area contributed by atoms with Crippen molar-refractivity contribution in [2.75, 3.05) is 13.1 Å². The lowest BCUT2D eigenvalue weighted by atomic mass is 9.82. The quantitative estimate of drug-likeness (QED) is 0.746. The minimum absolute atomic E-state index is 0.102. The van der Waals surface area contributed by atoms with E-state index in [1.165, 1.54) is 6.07 Å². The van der Waals surface area contributed by atoms with Crippen LogP contribution in [0.3, 0.4) is 0 Å². The predicted molar refractivity (Wildman–Crippen MR) is 62.9 cm³/mol. The molecule has 1 saturated carbocycles. The van der Waals surface area contributed by atoms with E-state index in [0.29, 0.717) is 12.5 Å². The van der Waals surface area contributed by atoms with E-state index in [9.17, 15) is 13.9 Å². The van der Waals surface area contributed by atoms with E-state index in [-0.39, 0.29) is 18.2 Å². The number of halogens is 2. The normalized spacial score (nSPS) is 24.7. The number of nitrogens with one attached hydrogen (secondary N) is 1. The van der Waals surface area contributed by atoms with E-state index >= 15 is 0 Å². The third kappa shape index (κ3) is 3.04. The van der Waals surface area contributed by atoms with E-state index < -0.39 is 17.7 Å². The van der Waals surface area contributed by atoms with Crippen molar-refractivity contribution >= 4 is 0 Å². The highest BCUT2D eigenvalue weighted by Crippen LogP contribution is 2.26. The van der Waals surface area contributed by atoms with Crippen LogP contribution in [0.15, 0.2) is 18.2 Å². The smallest absolute Gasteiger partial charge is 0.131 e. The molecule has 5 heteroatoms. The number of hydrogen-bond acceptors (Lipinski definition) is 3. The summed E-state index contributed by atoms with van der Waals surface area (Å²) >= 11 is 0. The molecule has 1 aromatic carbocycles. The number of aliphatic hydroxyl groups is 2. The van der Waals surface area contributed by atoms with Gasteiger partial charge in [-0.1, -0.05) is 6.07 Å². The van der Waals surface area contributed by atoms with Crippen molar-refractivity contribution in [2.45, 2.75) is 25.0 Å². The van der Waals surface area contributed by atoms with Gasteiger partial charge >= 0.3 is 0 Å². The Bertz CT molecular complexity index is 388. The lowest BCUT2D eigenvalue weighted by molar-refractivity contribution is 0.0413. The van der Waals surface area contributed by atoms with Crippen LogP contribution in [-0.4, -0.2) is 29.4 Å². The molecular weight excluding hydrogens is 240 g/mol. The molecule has 0 saturated heterocycles. The molecule has 0 heterocycles. The highest BCUT2D eigenvalue weighted by atomic mass is 19.1. The lowest BCUT2D eigenvalue weighted by Crippen LogP contribution is -2.37. The van der Waals surface area contributed by atoms with Gasteiger partial charge in [-0.3, -0.25) is 0 Å². The van der Waals surface area contributed by atoms with Crippen molar-refractivity contribution in [3.05, 3.63) is 35.4 Å². The summed E-state index contributed by atoms with van der Waals surface area (Å²) in [6.45, 7) is 0.745. The van der Waals surface area contributed by atoms with E-state index in [1.807, 2.05) is 0 Å². The maximum atomic E-state index is 13.4. The van der Waals surface area contributed by atoms with E-state index in [2.05, 4.69) is 5.32 Å². The second-order valence-electron chi connectivity index (χ2n) is 4.80. The summed E-state index contributed by atoms with van der Waals surface area (Å²) < 4.78 is 26.7. The van der Waals surface area contributed by atoms with Gasteiger partial charge in [-0.05, 0) is 37.4 Å². The summed E-state index contributed by atoms with van der Waals surface area (Å²) in [5, 5.41) is 21.8. The van der Waals surface area contributed by atoms with Gasteiger partial charge < -0.3 is 15.5 Å². The van der Waals surface area contributed by atoms with Crippen LogP contribution >= 0.6 is 0 Å². The highest BCUT2D eigenvalue weighted by Gasteiger charge is 2.27. The van der Waals surface area contributed by atoms with Crippen molar-refractivity contribution in [1.82, 2.24) is 5.32 Å². The Morgan fingerprint density at radius 3 is 2.44 bits per heavy atom. The summed E-state index contributed by atoms with van der Waals surface area (Å²) in [6.07, 6.45) is 0.0795. The fourth-order valence-corrected chi connectivity index (χ4v) is 2.22. The number of benzene rings is 1. The van der Waals surface area contributed by atoms with Gasteiger partial charge in [0.25, 0.3) is 0 Å². The first-order chi connectivity index (χ1) is 8.58. The van der Waals surface area contributed by atoms with Gasteiger partial charge in [0, 0.05) is 6.54 Å². The lowest BCUT2D eigenvalue weighted by Gasteiger charge is -2.31. The van der Waals surface area contributed by atoms with Gasteiger partial charge in [-0.2, -0.15) is 0 Å². The van der Waals surface area contributed by atoms with Crippen LogP contribution in [0.2, 0.25) is 0 Å². The Hall–Kier alpha value is -1.04. The zero-order valence-corrected chi connectivity index (χ0v) is 9.94. The minimum atomic E-state index is -1.20. The molecule has 0 bridgehead atoms. The van der Waals surface area contributed by atoms with Gasteiger partial charge in [-0.15, -0.1) is 0 Å². The Balaban J connectivity index is 1.82. The fraction of sp³-hybridized carbons (Fsp3) is 0.538. The Morgan fingerprint density at radius 1 is 1.28 bits per heavy atom. The standard InChI is InChI=1S/C13H17F2NO2/c14-10-2-1-3-11(15)13(10)12(18)7-16-6-8-4-9(17)5-8/h1-3,8-9,12,16-18H,4-7H2. The minimum Gasteiger partial charge on any atom is -0.393 e. The third-order valence-electron chi connectivity index (χ3n) is 3.31. The first kappa shape index (κ1) is 13.4. The molecule has 18 heavy (non-hydrogen) atoms. The van der Waals surface area contributed by atoms with Crippen LogP contribution < -0.4 is 5.32 Å². The first-order valence-electron chi connectivity index (χ1n) is 6.08. The fourth-order valence-electron chi connectivity index (χ4n) is 2.22. The molecule has 3 nitrogen and oxygen atoms in total. The molecular formula is C13H17F2NO2. The predicted octanol–water partition coefficient (Wildman–Crippen LogP) is 1.36. The van der Waals surface area contributed by atoms with Crippen molar-refractivity contribution in [1.29, 1.82) is 0 Å². The van der Waals surface area contributed by atoms with Gasteiger partial charge in [0.1, 0.15) is 11.6 Å². The van der Waals surface area contributed by atoms with Crippen LogP contribution in [0.25, 0.3) is 0 Å². The second kappa shape index (κ2) is 5.73. The van der Waals surface area contributed by atoms with Crippen LogP contribution in [0.4, 0.5) is 8.78 Å². The molecule has 1 aromatic rings. The largest absolute Gasteiger partial charge is 0.393 e. The molecule has 1 aliphatic rings. The van der Waals surface area contributed by atoms with Crippen LogP contribution in [0, 0.1) is 17.6 Å². The van der Waals surface area contributed by atoms with Crippen LogP contribution in [0.1, 0.15) is 24.5 Å². The molecule has 1 atom stereocenters. The highest BCUT2D eigenvalue weighted by molar-refractivity contribution is 5.22. The van der Waals surface area contributed by atoms with Gasteiger partial charge in [0.05, 0.1) is 17.8 Å². The summed E-state index contributed by atoms with van der Waals surface area (Å²) in [7, 11) is 0. The third-order valence-corrected chi connectivity index (χ3v) is 3.31. The van der Waals surface area contributed by atoms with Gasteiger partial charge in [0.15, 0.2) is 0 Å². The Labute approximate surface area is 104 Å². The molecule has 1 fully saturated rings. The van der Waals surface area contributed by atoms with Crippen LogP contribution in [-0.2, 0) is 0 Å². The second-order valence-corrected chi connectivity index (χ2v) is 4.80. The van der Waals surface area contributed by atoms with Crippen molar-refractivity contribution in [3.8, 4) is 0 Å². The van der Waals surface area contributed by atoms with Crippen molar-refractivity contribution in [3.63, 3.8) is 0 Å². The SMILES string of the molecule is OC1CC(CNCC(O)c2c(F)cccc2F)C1. The molecule has 3 N–H and O–H groups in total. The molecule has 1 aliphatic carbocycles. The average molecular weight is 257 g/mol. The van der Waals surface area contributed by atoms with E-state index in [0.717, 1.165) is 25.0 Å². The summed E-state index contributed by atoms with van der Waals surface area (Å²) in [5.41, 5.74) is -0.293. The van der Waals surface area contributed by atoms with Crippen molar-refractivity contribution in [2.24, 2.45) is 5.92 Å². The number of aliphatic hydroxyl groups excluding tert-OH is 2. The summed E-state index contributed by atoms with van der Waals surface area (Å²) in [5.74, 6) is -1.08. The molecule has 100 valence electrons. The van der Waals surface area contributed by atoms with Gasteiger partial charge in [0.2, 0.25) is 0 Å². The molecule has 0 radical (unpaired) electrons. The maximum Gasteiger partial charge on any atom is 0.131 e. The first-order valence-corrected chi connectivity index (χ1v) is 6.08. The zero-order chi connectivity index (χ0) is 13.1. The average Bonchev–Trinajstić information content (AvgIpc) is 2.26. The molecule has 0 aromatic heterocycles. The number of hydrogen-bond donors (Lipinski definition) is 3. The molecule has 0 spiro atoms. The molecule has 2 rings (SSSR count). The topological polar surface area (TPSA) is 52.5 Å². The summed E-state index contributed by atoms with van der Waals surface area (Å²) in [4.78, 5) is 0. The molecule has 1 unspecified atom stereocenters. The Kier molecular flexibility index (Phi) is 4.27. The van der Waals surface area contributed by atoms with Crippen LogP contribution in [0.5, 0.6) is 0 Å². The van der Waals surface area contributed by atoms with Crippen molar-refractivity contribution < 1.29 is 19.0 Å². The number of rotatable bonds is 5. The zero-order valence-electron chi connectivity index (χ0n) is 9.94. The Morgan fingerprint density at radius 2 is 1.89 bits per heavy atom. The van der Waals surface area contributed by atoms with Gasteiger partial charge in [-0.25, -0.2) is 8.78 Å². The molecule has 0 amide bonds. The summed E-state index contributed by atoms with van der Waals surface area (Å²) in [6, 6.07) is 3.53.